The highest BCUT2D eigenvalue weighted by atomic mass is 16.4. The maximum absolute atomic E-state index is 11.8. The highest BCUT2D eigenvalue weighted by Crippen LogP contribution is 2.02. The summed E-state index contributed by atoms with van der Waals surface area (Å²) in [6, 6.07) is 9.42. The summed E-state index contributed by atoms with van der Waals surface area (Å²) >= 11 is 0. The average Bonchev–Trinajstić information content (AvgIpc) is 2.58. The second-order valence-electron chi connectivity index (χ2n) is 3.77. The molecule has 0 aliphatic heterocycles. The molecule has 2 rings (SSSR count). The molecule has 5 nitrogen and oxygen atoms in total. The van der Waals surface area contributed by atoms with E-state index in [0.717, 1.165) is 5.56 Å². The van der Waals surface area contributed by atoms with Crippen LogP contribution in [0.1, 0.15) is 15.9 Å². The third kappa shape index (κ3) is 2.13. The molecule has 2 aromatic rings. The quantitative estimate of drug-likeness (QED) is 0.856. The average molecular weight is 232 g/mol. The number of aromatic nitrogens is 2. The van der Waals surface area contributed by atoms with Gasteiger partial charge in [0.25, 0.3) is 5.56 Å². The van der Waals surface area contributed by atoms with Crippen LogP contribution in [0.25, 0.3) is 0 Å². The van der Waals surface area contributed by atoms with E-state index in [-0.39, 0.29) is 5.56 Å². The Bertz CT molecular complexity index is 596. The zero-order chi connectivity index (χ0) is 12.4. The van der Waals surface area contributed by atoms with Crippen LogP contribution in [0.4, 0.5) is 0 Å². The molecule has 0 saturated heterocycles. The van der Waals surface area contributed by atoms with E-state index < -0.39 is 11.5 Å². The van der Waals surface area contributed by atoms with E-state index in [9.17, 15) is 9.59 Å². The van der Waals surface area contributed by atoms with Gasteiger partial charge in [0.1, 0.15) is 5.56 Å². The lowest BCUT2D eigenvalue weighted by atomic mass is 10.2. The van der Waals surface area contributed by atoms with Gasteiger partial charge in [0.15, 0.2) is 0 Å². The molecule has 1 N–H and O–H groups in total. The Kier molecular flexibility index (Phi) is 2.82. The number of hydrogen-bond donors (Lipinski definition) is 1. The van der Waals surface area contributed by atoms with Crippen molar-refractivity contribution >= 4 is 5.97 Å². The molecule has 1 heterocycles. The third-order valence-electron chi connectivity index (χ3n) is 2.57. The van der Waals surface area contributed by atoms with Gasteiger partial charge >= 0.3 is 5.97 Å². The fourth-order valence-electron chi connectivity index (χ4n) is 1.68. The minimum absolute atomic E-state index is 0.205. The van der Waals surface area contributed by atoms with Crippen molar-refractivity contribution in [2.24, 2.45) is 7.05 Å². The number of hydrogen-bond acceptors (Lipinski definition) is 2. The summed E-state index contributed by atoms with van der Waals surface area (Å²) in [6.45, 7) is 0.365. The zero-order valence-electron chi connectivity index (χ0n) is 9.33. The van der Waals surface area contributed by atoms with E-state index in [4.69, 9.17) is 5.11 Å². The smallest absolute Gasteiger partial charge is 0.342 e. The van der Waals surface area contributed by atoms with Crippen molar-refractivity contribution in [2.45, 2.75) is 6.54 Å². The molecule has 5 heteroatoms. The fourth-order valence-corrected chi connectivity index (χ4v) is 1.68. The summed E-state index contributed by atoms with van der Waals surface area (Å²) in [4.78, 5) is 22.6. The molecule has 0 aliphatic rings. The highest BCUT2D eigenvalue weighted by molar-refractivity contribution is 5.86. The number of carboxylic acid groups (broad SMARTS) is 1. The first kappa shape index (κ1) is 11.2. The lowest BCUT2D eigenvalue weighted by Crippen LogP contribution is -2.24. The van der Waals surface area contributed by atoms with E-state index >= 15 is 0 Å². The molecule has 0 spiro atoms. The van der Waals surface area contributed by atoms with E-state index in [1.165, 1.54) is 15.6 Å². The standard InChI is InChI=1S/C12H12N2O3/c1-13-8-10(12(16)17)11(15)14(13)7-9-5-3-2-4-6-9/h2-6,8H,7H2,1H3,(H,16,17). The summed E-state index contributed by atoms with van der Waals surface area (Å²) in [6.07, 6.45) is 1.33. The summed E-state index contributed by atoms with van der Waals surface area (Å²) < 4.78 is 2.89. The molecule has 0 amide bonds. The molecule has 0 bridgehead atoms. The van der Waals surface area contributed by atoms with Crippen molar-refractivity contribution in [1.82, 2.24) is 9.36 Å². The second-order valence-corrected chi connectivity index (χ2v) is 3.77. The number of benzene rings is 1. The first-order chi connectivity index (χ1) is 8.09. The van der Waals surface area contributed by atoms with E-state index in [1.54, 1.807) is 7.05 Å². The first-order valence-corrected chi connectivity index (χ1v) is 5.13. The van der Waals surface area contributed by atoms with Gasteiger partial charge in [0, 0.05) is 13.2 Å². The van der Waals surface area contributed by atoms with Gasteiger partial charge in [-0.15, -0.1) is 0 Å². The minimum Gasteiger partial charge on any atom is -0.477 e. The summed E-state index contributed by atoms with van der Waals surface area (Å²) in [5.41, 5.74) is 0.264. The Morgan fingerprint density at radius 3 is 2.47 bits per heavy atom. The van der Waals surface area contributed by atoms with E-state index in [0.29, 0.717) is 6.54 Å². The maximum atomic E-state index is 11.8. The minimum atomic E-state index is -1.20. The molecule has 1 aromatic carbocycles. The summed E-state index contributed by atoms with van der Waals surface area (Å²) in [5.74, 6) is -1.20. The normalized spacial score (nSPS) is 10.4. The van der Waals surface area contributed by atoms with Crippen LogP contribution in [0, 0.1) is 0 Å². The van der Waals surface area contributed by atoms with E-state index in [1.807, 2.05) is 30.3 Å². The SMILES string of the molecule is Cn1cc(C(=O)O)c(=O)n1Cc1ccccc1. The number of nitrogens with zero attached hydrogens (tertiary/aromatic N) is 2. The van der Waals surface area contributed by atoms with Gasteiger partial charge < -0.3 is 5.11 Å². The Balaban J connectivity index is 2.41. The van der Waals surface area contributed by atoms with Gasteiger partial charge in [-0.05, 0) is 5.56 Å². The summed E-state index contributed by atoms with van der Waals surface area (Å²) in [7, 11) is 1.65. The van der Waals surface area contributed by atoms with Crippen LogP contribution >= 0.6 is 0 Å². The second kappa shape index (κ2) is 4.29. The van der Waals surface area contributed by atoms with Crippen LogP contribution in [0.2, 0.25) is 0 Å². The fraction of sp³-hybridized carbons (Fsp3) is 0.167. The molecule has 88 valence electrons. The summed E-state index contributed by atoms with van der Waals surface area (Å²) in [5, 5.41) is 8.84. The number of carboxylic acids is 1. The predicted molar refractivity (Wildman–Crippen MR) is 62.2 cm³/mol. The first-order valence-electron chi connectivity index (χ1n) is 5.13. The van der Waals surface area contributed by atoms with Crippen LogP contribution in [-0.2, 0) is 13.6 Å². The lowest BCUT2D eigenvalue weighted by molar-refractivity contribution is 0.0695. The van der Waals surface area contributed by atoms with Crippen LogP contribution in [0.5, 0.6) is 0 Å². The Hall–Kier alpha value is -2.30. The van der Waals surface area contributed by atoms with Crippen molar-refractivity contribution in [1.29, 1.82) is 0 Å². The molecule has 0 atom stereocenters. The molecule has 0 radical (unpaired) electrons. The largest absolute Gasteiger partial charge is 0.477 e. The third-order valence-corrected chi connectivity index (χ3v) is 2.57. The van der Waals surface area contributed by atoms with Gasteiger partial charge in [-0.1, -0.05) is 30.3 Å². The molecule has 1 aromatic heterocycles. The molecule has 0 fully saturated rings. The topological polar surface area (TPSA) is 64.2 Å². The maximum Gasteiger partial charge on any atom is 0.342 e. The van der Waals surface area contributed by atoms with E-state index in [2.05, 4.69) is 0 Å². The molecule has 0 unspecified atom stereocenters. The van der Waals surface area contributed by atoms with Gasteiger partial charge in [-0.2, -0.15) is 0 Å². The molecular formula is C12H12N2O3. The Labute approximate surface area is 97.5 Å². The van der Waals surface area contributed by atoms with Crippen LogP contribution < -0.4 is 5.56 Å². The van der Waals surface area contributed by atoms with Crippen LogP contribution in [-0.4, -0.2) is 20.4 Å². The highest BCUT2D eigenvalue weighted by Gasteiger charge is 2.15. The number of aromatic carboxylic acids is 1. The van der Waals surface area contributed by atoms with Crippen molar-refractivity contribution in [3.63, 3.8) is 0 Å². The lowest BCUT2D eigenvalue weighted by Gasteiger charge is -2.06. The number of carbonyl (C=O) groups is 1. The van der Waals surface area contributed by atoms with Crippen LogP contribution in [0.15, 0.2) is 41.3 Å². The van der Waals surface area contributed by atoms with Gasteiger partial charge in [-0.3, -0.25) is 9.48 Å². The molecule has 0 saturated carbocycles. The Morgan fingerprint density at radius 2 is 1.94 bits per heavy atom. The van der Waals surface area contributed by atoms with Gasteiger partial charge in [0.05, 0.1) is 6.54 Å². The molecule has 17 heavy (non-hydrogen) atoms. The van der Waals surface area contributed by atoms with Gasteiger partial charge in [0.2, 0.25) is 0 Å². The van der Waals surface area contributed by atoms with Crippen molar-refractivity contribution in [3.8, 4) is 0 Å². The molecule has 0 aliphatic carbocycles. The van der Waals surface area contributed by atoms with Gasteiger partial charge in [-0.25, -0.2) is 9.48 Å². The number of rotatable bonds is 3. The number of aryl methyl sites for hydroxylation is 1. The molecular weight excluding hydrogens is 220 g/mol. The van der Waals surface area contributed by atoms with Crippen molar-refractivity contribution < 1.29 is 9.90 Å². The Morgan fingerprint density at radius 1 is 1.29 bits per heavy atom. The van der Waals surface area contributed by atoms with Crippen molar-refractivity contribution in [3.05, 3.63) is 58.0 Å². The van der Waals surface area contributed by atoms with Crippen molar-refractivity contribution in [2.75, 3.05) is 0 Å². The zero-order valence-corrected chi connectivity index (χ0v) is 9.33. The van der Waals surface area contributed by atoms with Crippen LogP contribution in [0.3, 0.4) is 0 Å². The monoisotopic (exact) mass is 232 g/mol. The predicted octanol–water partition coefficient (Wildman–Crippen LogP) is 0.933.